The molecular weight excluding hydrogens is 254 g/mol. The van der Waals surface area contributed by atoms with Crippen molar-refractivity contribution in [1.82, 2.24) is 9.97 Å². The third kappa shape index (κ3) is 3.15. The second kappa shape index (κ2) is 6.50. The summed E-state index contributed by atoms with van der Waals surface area (Å²) in [5.41, 5.74) is 2.28. The number of anilines is 1. The highest BCUT2D eigenvalue weighted by Crippen LogP contribution is 2.28. The molecule has 0 fully saturated rings. The number of fused-ring (bicyclic) bond motifs is 1. The van der Waals surface area contributed by atoms with Crippen LogP contribution in [-0.4, -0.2) is 36.1 Å². The molecule has 5 nitrogen and oxygen atoms in total. The average Bonchev–Trinajstić information content (AvgIpc) is 2.86. The minimum absolute atomic E-state index is 0.213. The maximum Gasteiger partial charge on any atom is 0.325 e. The van der Waals surface area contributed by atoms with Gasteiger partial charge in [-0.1, -0.05) is 6.08 Å². The van der Waals surface area contributed by atoms with Gasteiger partial charge in [-0.15, -0.1) is 6.58 Å². The molecule has 0 amide bonds. The summed E-state index contributed by atoms with van der Waals surface area (Å²) in [7, 11) is 1.87. The molecule has 0 bridgehead atoms. The molecule has 0 saturated carbocycles. The lowest BCUT2D eigenvalue weighted by Gasteiger charge is -2.20. The molecule has 20 heavy (non-hydrogen) atoms. The van der Waals surface area contributed by atoms with Gasteiger partial charge in [-0.2, -0.15) is 0 Å². The molecule has 0 aromatic carbocycles. The number of aryl methyl sites for hydroxylation is 1. The highest BCUT2D eigenvalue weighted by atomic mass is 16.5. The number of rotatable bonds is 6. The third-order valence-corrected chi connectivity index (χ3v) is 3.32. The quantitative estimate of drug-likeness (QED) is 0.584. The van der Waals surface area contributed by atoms with Crippen molar-refractivity contribution in [3.8, 4) is 0 Å². The highest BCUT2D eigenvalue weighted by molar-refractivity contribution is 5.75. The van der Waals surface area contributed by atoms with Gasteiger partial charge in [0, 0.05) is 24.7 Å². The SMILES string of the molecule is C=CCc1nc2c(c(N(C)CC(=O)OCC)n1)CCC2. The van der Waals surface area contributed by atoms with E-state index in [0.29, 0.717) is 13.0 Å². The van der Waals surface area contributed by atoms with Crippen LogP contribution in [0.5, 0.6) is 0 Å². The smallest absolute Gasteiger partial charge is 0.325 e. The Kier molecular flexibility index (Phi) is 4.71. The number of nitrogens with zero attached hydrogens (tertiary/aromatic N) is 3. The maximum atomic E-state index is 11.6. The Morgan fingerprint density at radius 1 is 1.45 bits per heavy atom. The molecule has 5 heteroatoms. The predicted molar refractivity (Wildman–Crippen MR) is 77.9 cm³/mol. The van der Waals surface area contributed by atoms with Crippen molar-refractivity contribution in [2.24, 2.45) is 0 Å². The normalized spacial score (nSPS) is 12.9. The fraction of sp³-hybridized carbons (Fsp3) is 0.533. The second-order valence-electron chi connectivity index (χ2n) is 4.90. The van der Waals surface area contributed by atoms with Crippen LogP contribution in [0.2, 0.25) is 0 Å². The molecule has 1 aliphatic rings. The van der Waals surface area contributed by atoms with E-state index in [2.05, 4.69) is 16.5 Å². The molecule has 2 rings (SSSR count). The number of ether oxygens (including phenoxy) is 1. The molecule has 0 atom stereocenters. The number of hydrogen-bond donors (Lipinski definition) is 0. The van der Waals surface area contributed by atoms with Crippen molar-refractivity contribution in [3.63, 3.8) is 0 Å². The van der Waals surface area contributed by atoms with E-state index in [-0.39, 0.29) is 12.5 Å². The summed E-state index contributed by atoms with van der Waals surface area (Å²) >= 11 is 0. The molecular formula is C15H21N3O2. The summed E-state index contributed by atoms with van der Waals surface area (Å²) in [6.45, 7) is 6.15. The molecule has 1 aromatic rings. The first-order valence-electron chi connectivity index (χ1n) is 7.02. The first-order chi connectivity index (χ1) is 9.65. The van der Waals surface area contributed by atoms with E-state index < -0.39 is 0 Å². The summed E-state index contributed by atoms with van der Waals surface area (Å²) < 4.78 is 4.99. The van der Waals surface area contributed by atoms with Crippen LogP contribution in [0, 0.1) is 0 Å². The molecule has 0 N–H and O–H groups in total. The Labute approximate surface area is 119 Å². The topological polar surface area (TPSA) is 55.3 Å². The molecule has 108 valence electrons. The number of carbonyl (C=O) groups excluding carboxylic acids is 1. The van der Waals surface area contributed by atoms with Crippen LogP contribution in [0.4, 0.5) is 5.82 Å². The number of carbonyl (C=O) groups is 1. The Hall–Kier alpha value is -1.91. The van der Waals surface area contributed by atoms with E-state index >= 15 is 0 Å². The van der Waals surface area contributed by atoms with Crippen molar-refractivity contribution in [2.45, 2.75) is 32.6 Å². The van der Waals surface area contributed by atoms with Crippen molar-refractivity contribution < 1.29 is 9.53 Å². The number of esters is 1. The molecule has 0 aliphatic heterocycles. The Morgan fingerprint density at radius 2 is 2.25 bits per heavy atom. The van der Waals surface area contributed by atoms with E-state index in [9.17, 15) is 4.79 Å². The highest BCUT2D eigenvalue weighted by Gasteiger charge is 2.22. The van der Waals surface area contributed by atoms with E-state index in [1.807, 2.05) is 18.9 Å². The van der Waals surface area contributed by atoms with Gasteiger partial charge in [0.15, 0.2) is 0 Å². The van der Waals surface area contributed by atoms with Gasteiger partial charge in [-0.05, 0) is 26.2 Å². The largest absolute Gasteiger partial charge is 0.465 e. The van der Waals surface area contributed by atoms with E-state index in [0.717, 1.165) is 36.6 Å². The zero-order valence-corrected chi connectivity index (χ0v) is 12.2. The monoisotopic (exact) mass is 275 g/mol. The first kappa shape index (κ1) is 14.5. The Balaban J connectivity index is 2.25. The summed E-state index contributed by atoms with van der Waals surface area (Å²) in [5.74, 6) is 1.40. The second-order valence-corrected chi connectivity index (χ2v) is 4.90. The van der Waals surface area contributed by atoms with Gasteiger partial charge in [0.05, 0.1) is 6.61 Å². The first-order valence-corrected chi connectivity index (χ1v) is 7.02. The van der Waals surface area contributed by atoms with Crippen LogP contribution in [0.3, 0.4) is 0 Å². The summed E-state index contributed by atoms with van der Waals surface area (Å²) in [4.78, 5) is 22.6. The van der Waals surface area contributed by atoms with Crippen molar-refractivity contribution in [3.05, 3.63) is 29.7 Å². The van der Waals surface area contributed by atoms with E-state index in [1.165, 1.54) is 5.56 Å². The lowest BCUT2D eigenvalue weighted by molar-refractivity contribution is -0.141. The molecule has 0 saturated heterocycles. The summed E-state index contributed by atoms with van der Waals surface area (Å²) in [5, 5.41) is 0. The lowest BCUT2D eigenvalue weighted by atomic mass is 10.2. The van der Waals surface area contributed by atoms with Crippen LogP contribution in [0.25, 0.3) is 0 Å². The van der Waals surface area contributed by atoms with Gasteiger partial charge in [-0.3, -0.25) is 4.79 Å². The van der Waals surface area contributed by atoms with Crippen LogP contribution >= 0.6 is 0 Å². The minimum atomic E-state index is -0.231. The standard InChI is InChI=1S/C15H21N3O2/c1-4-7-13-16-12-9-6-8-11(12)15(17-13)18(3)10-14(19)20-5-2/h4H,1,5-10H2,2-3H3. The van der Waals surface area contributed by atoms with Crippen molar-refractivity contribution >= 4 is 11.8 Å². The van der Waals surface area contributed by atoms with Crippen LogP contribution in [0.15, 0.2) is 12.7 Å². The van der Waals surface area contributed by atoms with Crippen LogP contribution in [-0.2, 0) is 28.8 Å². The zero-order chi connectivity index (χ0) is 14.5. The average molecular weight is 275 g/mol. The Bertz CT molecular complexity index is 514. The number of allylic oxidation sites excluding steroid dienone is 1. The third-order valence-electron chi connectivity index (χ3n) is 3.32. The van der Waals surface area contributed by atoms with Crippen molar-refractivity contribution in [2.75, 3.05) is 25.1 Å². The number of likely N-dealkylation sites (N-methyl/N-ethyl adjacent to an activating group) is 1. The van der Waals surface area contributed by atoms with Gasteiger partial charge in [0.25, 0.3) is 0 Å². The molecule has 1 aliphatic carbocycles. The molecule has 0 spiro atoms. The predicted octanol–water partition coefficient (Wildman–Crippen LogP) is 1.69. The summed E-state index contributed by atoms with van der Waals surface area (Å²) in [6, 6.07) is 0. The fourth-order valence-corrected chi connectivity index (χ4v) is 2.47. The van der Waals surface area contributed by atoms with Gasteiger partial charge in [-0.25, -0.2) is 9.97 Å². The van der Waals surface area contributed by atoms with Crippen LogP contribution in [0.1, 0.15) is 30.4 Å². The number of aromatic nitrogens is 2. The van der Waals surface area contributed by atoms with Gasteiger partial charge in [0.2, 0.25) is 0 Å². The zero-order valence-electron chi connectivity index (χ0n) is 12.2. The minimum Gasteiger partial charge on any atom is -0.465 e. The van der Waals surface area contributed by atoms with Gasteiger partial charge < -0.3 is 9.64 Å². The fourth-order valence-electron chi connectivity index (χ4n) is 2.47. The van der Waals surface area contributed by atoms with Crippen molar-refractivity contribution in [1.29, 1.82) is 0 Å². The van der Waals surface area contributed by atoms with E-state index in [4.69, 9.17) is 4.74 Å². The number of hydrogen-bond acceptors (Lipinski definition) is 5. The Morgan fingerprint density at radius 3 is 2.95 bits per heavy atom. The van der Waals surface area contributed by atoms with Crippen LogP contribution < -0.4 is 4.90 Å². The molecule has 1 aromatic heterocycles. The maximum absolute atomic E-state index is 11.6. The summed E-state index contributed by atoms with van der Waals surface area (Å²) in [6.07, 6.45) is 5.51. The molecule has 0 unspecified atom stereocenters. The molecule has 0 radical (unpaired) electrons. The lowest BCUT2D eigenvalue weighted by Crippen LogP contribution is -2.29. The molecule has 1 heterocycles. The van der Waals surface area contributed by atoms with E-state index in [1.54, 1.807) is 6.08 Å². The van der Waals surface area contributed by atoms with Gasteiger partial charge >= 0.3 is 5.97 Å². The van der Waals surface area contributed by atoms with Gasteiger partial charge in [0.1, 0.15) is 18.2 Å².